The van der Waals surface area contributed by atoms with Crippen LogP contribution >= 0.6 is 22.6 Å². The number of benzene rings is 1. The number of halogens is 1. The molecule has 4 nitrogen and oxygen atoms in total. The number of para-hydroxylation sites is 1. The Hall–Kier alpha value is -0.340. The number of primary sulfonamides is 1. The van der Waals surface area contributed by atoms with Crippen molar-refractivity contribution in [1.82, 2.24) is 0 Å². The molecule has 2 N–H and O–H groups in total. The fraction of sp³-hybridized carbons (Fsp3) is 0.333. The van der Waals surface area contributed by atoms with Gasteiger partial charge in [-0.3, -0.25) is 0 Å². The summed E-state index contributed by atoms with van der Waals surface area (Å²) in [6.07, 6.45) is 2.12. The maximum absolute atomic E-state index is 11.3. The summed E-state index contributed by atoms with van der Waals surface area (Å²) >= 11 is 2.04. The molecule has 0 saturated heterocycles. The van der Waals surface area contributed by atoms with Crippen LogP contribution in [0.15, 0.2) is 23.1 Å². The second-order valence-corrected chi connectivity index (χ2v) is 6.12. The van der Waals surface area contributed by atoms with Gasteiger partial charge < -0.3 is 4.74 Å². The molecule has 0 bridgehead atoms. The van der Waals surface area contributed by atoms with Gasteiger partial charge in [0.1, 0.15) is 4.90 Å². The van der Waals surface area contributed by atoms with Crippen molar-refractivity contribution in [2.45, 2.75) is 23.8 Å². The molecule has 0 atom stereocenters. The smallest absolute Gasteiger partial charge is 0.241 e. The quantitative estimate of drug-likeness (QED) is 0.848. The third-order valence-corrected chi connectivity index (χ3v) is 3.83. The van der Waals surface area contributed by atoms with Gasteiger partial charge in [0, 0.05) is 0 Å². The van der Waals surface area contributed by atoms with E-state index in [4.69, 9.17) is 9.88 Å². The summed E-state index contributed by atoms with van der Waals surface area (Å²) in [7, 11) is -3.70. The van der Waals surface area contributed by atoms with Gasteiger partial charge in [0.05, 0.1) is 9.67 Å². The van der Waals surface area contributed by atoms with Crippen molar-refractivity contribution >= 4 is 32.6 Å². The van der Waals surface area contributed by atoms with Crippen molar-refractivity contribution in [1.29, 1.82) is 0 Å². The Morgan fingerprint density at radius 3 is 2.60 bits per heavy atom. The van der Waals surface area contributed by atoms with E-state index in [1.165, 1.54) is 6.07 Å². The van der Waals surface area contributed by atoms with Gasteiger partial charge in [0.25, 0.3) is 0 Å². The highest BCUT2D eigenvalue weighted by Crippen LogP contribution is 2.34. The van der Waals surface area contributed by atoms with Gasteiger partial charge in [-0.15, -0.1) is 0 Å². The van der Waals surface area contributed by atoms with Crippen molar-refractivity contribution in [2.75, 3.05) is 0 Å². The van der Waals surface area contributed by atoms with Gasteiger partial charge in [-0.05, 0) is 47.6 Å². The summed E-state index contributed by atoms with van der Waals surface area (Å²) in [5.74, 6) is 0.392. The van der Waals surface area contributed by atoms with E-state index in [0.717, 1.165) is 16.4 Å². The topological polar surface area (TPSA) is 69.4 Å². The summed E-state index contributed by atoms with van der Waals surface area (Å²) in [5.41, 5.74) is 0. The highest BCUT2D eigenvalue weighted by atomic mass is 127. The summed E-state index contributed by atoms with van der Waals surface area (Å²) in [6.45, 7) is 0. The van der Waals surface area contributed by atoms with Crippen LogP contribution in [0.2, 0.25) is 0 Å². The second-order valence-electron chi connectivity index (χ2n) is 3.43. The average Bonchev–Trinajstić information content (AvgIpc) is 2.90. The van der Waals surface area contributed by atoms with Gasteiger partial charge in [0.2, 0.25) is 10.0 Å². The Kier molecular flexibility index (Phi) is 2.91. The van der Waals surface area contributed by atoms with Gasteiger partial charge in [0.15, 0.2) is 5.75 Å². The molecule has 6 heteroatoms. The molecule has 1 aromatic rings. The van der Waals surface area contributed by atoms with Crippen molar-refractivity contribution in [2.24, 2.45) is 5.14 Å². The molecular weight excluding hydrogens is 329 g/mol. The van der Waals surface area contributed by atoms with E-state index in [0.29, 0.717) is 5.75 Å². The van der Waals surface area contributed by atoms with Crippen LogP contribution in [-0.4, -0.2) is 14.5 Å². The molecule has 15 heavy (non-hydrogen) atoms. The van der Waals surface area contributed by atoms with Crippen LogP contribution in [0.3, 0.4) is 0 Å². The van der Waals surface area contributed by atoms with E-state index >= 15 is 0 Å². The molecule has 2 rings (SSSR count). The van der Waals surface area contributed by atoms with Crippen molar-refractivity contribution in [3.8, 4) is 5.75 Å². The molecule has 0 heterocycles. The molecule has 0 aromatic heterocycles. The number of ether oxygens (including phenoxy) is 1. The van der Waals surface area contributed by atoms with Crippen molar-refractivity contribution < 1.29 is 13.2 Å². The van der Waals surface area contributed by atoms with E-state index < -0.39 is 10.0 Å². The molecule has 82 valence electrons. The molecule has 0 amide bonds. The molecule has 1 aliphatic carbocycles. The molecule has 0 aliphatic heterocycles. The zero-order valence-electron chi connectivity index (χ0n) is 7.81. The molecular formula is C9H10INO3S. The summed E-state index contributed by atoms with van der Waals surface area (Å²) in [6, 6.07) is 4.92. The number of hydrogen-bond donors (Lipinski definition) is 1. The van der Waals surface area contributed by atoms with Gasteiger partial charge in [-0.2, -0.15) is 0 Å². The summed E-state index contributed by atoms with van der Waals surface area (Å²) < 4.78 is 28.9. The number of nitrogens with two attached hydrogens (primary N) is 1. The highest BCUT2D eigenvalue weighted by molar-refractivity contribution is 14.1. The van der Waals surface area contributed by atoms with E-state index in [2.05, 4.69) is 0 Å². The summed E-state index contributed by atoms with van der Waals surface area (Å²) in [4.78, 5) is 0.0706. The largest absolute Gasteiger partial charge is 0.488 e. The van der Waals surface area contributed by atoms with Gasteiger partial charge >= 0.3 is 0 Å². The Bertz CT molecular complexity index is 482. The molecule has 0 radical (unpaired) electrons. The lowest BCUT2D eigenvalue weighted by atomic mass is 10.3. The zero-order chi connectivity index (χ0) is 11.1. The first-order chi connectivity index (χ1) is 6.98. The first-order valence-electron chi connectivity index (χ1n) is 4.46. The Balaban J connectivity index is 2.47. The average molecular weight is 339 g/mol. The maximum Gasteiger partial charge on any atom is 0.241 e. The Morgan fingerprint density at radius 2 is 2.07 bits per heavy atom. The number of rotatable bonds is 3. The number of hydrogen-bond acceptors (Lipinski definition) is 3. The lowest BCUT2D eigenvalue weighted by Gasteiger charge is -2.10. The normalized spacial score (nSPS) is 16.4. The SMILES string of the molecule is NS(=O)(=O)c1cccc(I)c1OC1CC1. The molecule has 0 unspecified atom stereocenters. The maximum atomic E-state index is 11.3. The van der Waals surface area contributed by atoms with Gasteiger partial charge in [-0.1, -0.05) is 6.07 Å². The first-order valence-corrected chi connectivity index (χ1v) is 7.09. The van der Waals surface area contributed by atoms with Crippen LogP contribution < -0.4 is 9.88 Å². The molecule has 0 spiro atoms. The minimum atomic E-state index is -3.70. The van der Waals surface area contributed by atoms with Crippen LogP contribution in [0.1, 0.15) is 12.8 Å². The fourth-order valence-electron chi connectivity index (χ4n) is 1.18. The lowest BCUT2D eigenvalue weighted by molar-refractivity contribution is 0.293. The predicted octanol–water partition coefficient (Wildman–Crippen LogP) is 1.48. The monoisotopic (exact) mass is 339 g/mol. The molecule has 1 fully saturated rings. The third kappa shape index (κ3) is 2.61. The Morgan fingerprint density at radius 1 is 1.40 bits per heavy atom. The highest BCUT2D eigenvalue weighted by Gasteiger charge is 2.27. The second kappa shape index (κ2) is 3.91. The number of sulfonamides is 1. The lowest BCUT2D eigenvalue weighted by Crippen LogP contribution is -2.15. The molecule has 1 aliphatic rings. The minimum Gasteiger partial charge on any atom is -0.488 e. The standard InChI is InChI=1S/C9H10INO3S/c10-7-2-1-3-8(15(11,12)13)9(7)14-6-4-5-6/h1-3,6H,4-5H2,(H2,11,12,13). The van der Waals surface area contributed by atoms with Crippen LogP contribution in [0, 0.1) is 3.57 Å². The van der Waals surface area contributed by atoms with E-state index in [9.17, 15) is 8.42 Å². The molecule has 1 saturated carbocycles. The van der Waals surface area contributed by atoms with Crippen molar-refractivity contribution in [3.63, 3.8) is 0 Å². The summed E-state index contributed by atoms with van der Waals surface area (Å²) in [5, 5.41) is 5.11. The van der Waals surface area contributed by atoms with E-state index in [1.807, 2.05) is 22.6 Å². The van der Waals surface area contributed by atoms with Crippen LogP contribution in [0.4, 0.5) is 0 Å². The van der Waals surface area contributed by atoms with Gasteiger partial charge in [-0.25, -0.2) is 13.6 Å². The van der Waals surface area contributed by atoms with Crippen molar-refractivity contribution in [3.05, 3.63) is 21.8 Å². The van der Waals surface area contributed by atoms with Crippen LogP contribution in [-0.2, 0) is 10.0 Å². The molecule has 1 aromatic carbocycles. The van der Waals surface area contributed by atoms with E-state index in [1.54, 1.807) is 12.1 Å². The first kappa shape index (κ1) is 11.2. The fourth-order valence-corrected chi connectivity index (χ4v) is 2.67. The minimum absolute atomic E-state index is 0.0706. The van der Waals surface area contributed by atoms with Crippen LogP contribution in [0.5, 0.6) is 5.75 Å². The van der Waals surface area contributed by atoms with E-state index in [-0.39, 0.29) is 11.0 Å². The van der Waals surface area contributed by atoms with Crippen LogP contribution in [0.25, 0.3) is 0 Å². The third-order valence-electron chi connectivity index (χ3n) is 2.05. The zero-order valence-corrected chi connectivity index (χ0v) is 10.8. The predicted molar refractivity (Wildman–Crippen MR) is 64.2 cm³/mol. The Labute approximate surface area is 102 Å².